The number of nitrogens with one attached hydrogen (secondary N) is 3. The largest absolute Gasteiger partial charge is 0.491 e. The molecule has 0 fully saturated rings. The van der Waals surface area contributed by atoms with Crippen LogP contribution in [-0.2, 0) is 23.5 Å². The number of aliphatic hydroxyl groups excluding tert-OH is 1. The van der Waals surface area contributed by atoms with E-state index in [1.165, 1.54) is 12.1 Å². The monoisotopic (exact) mass is 635 g/mol. The van der Waals surface area contributed by atoms with Gasteiger partial charge in [0.15, 0.2) is 26.1 Å². The van der Waals surface area contributed by atoms with E-state index in [2.05, 4.69) is 64.0 Å². The summed E-state index contributed by atoms with van der Waals surface area (Å²) < 4.78 is 53.0. The van der Waals surface area contributed by atoms with Gasteiger partial charge in [-0.1, -0.05) is 26.8 Å². The molecule has 0 aliphatic rings. The molecule has 1 amide bonds. The second-order valence-corrected chi connectivity index (χ2v) is 17.6. The van der Waals surface area contributed by atoms with Crippen LogP contribution in [0.25, 0.3) is 0 Å². The highest BCUT2D eigenvalue weighted by molar-refractivity contribution is 7.85. The highest BCUT2D eigenvalue weighted by atomic mass is 32.2. The van der Waals surface area contributed by atoms with Gasteiger partial charge in [0, 0.05) is 17.1 Å². The molecule has 0 radical (unpaired) electrons. The van der Waals surface area contributed by atoms with E-state index in [4.69, 9.17) is 9.16 Å². The molecule has 3 rings (SSSR count). The molecular formula is C28H38FN5O7SSi. The molecule has 1 heterocycles. The normalized spacial score (nSPS) is 12.8. The van der Waals surface area contributed by atoms with Crippen molar-refractivity contribution >= 4 is 53.2 Å². The van der Waals surface area contributed by atoms with Crippen LogP contribution in [0.4, 0.5) is 33.2 Å². The zero-order valence-corrected chi connectivity index (χ0v) is 26.8. The van der Waals surface area contributed by atoms with Crippen molar-refractivity contribution < 1.29 is 36.1 Å². The molecule has 1 unspecified atom stereocenters. The lowest BCUT2D eigenvalue weighted by molar-refractivity contribution is -0.125. The maximum atomic E-state index is 14.5. The van der Waals surface area contributed by atoms with Crippen LogP contribution >= 0.6 is 0 Å². The zero-order valence-electron chi connectivity index (χ0n) is 25.0. The number of benzene rings is 2. The topological polar surface area (TPSA) is 161 Å². The first-order valence-corrected chi connectivity index (χ1v) is 18.1. The van der Waals surface area contributed by atoms with Gasteiger partial charge in [0.1, 0.15) is 19.0 Å². The Bertz CT molecular complexity index is 1500. The third-order valence-electron chi connectivity index (χ3n) is 6.61. The lowest BCUT2D eigenvalue weighted by Gasteiger charge is -2.36. The Balaban J connectivity index is 1.57. The van der Waals surface area contributed by atoms with E-state index in [1.807, 2.05) is 0 Å². The molecule has 0 spiro atoms. The fourth-order valence-electron chi connectivity index (χ4n) is 3.25. The molecule has 3 aromatic rings. The minimum atomic E-state index is -3.82. The van der Waals surface area contributed by atoms with Crippen molar-refractivity contribution in [3.63, 3.8) is 0 Å². The average Bonchev–Trinajstić information content (AvgIpc) is 2.91. The standard InChI is InChI=1S/C28H38FN5O7SSi/c1-28(2,3)43(5,6)41-15-14-39-22-12-10-19(11-13-22)33-27-30-17-23(29)25(34-27)31-20-8-7-9-21(16-20)32-26(36)24(35)18-40-42(4,37)38/h7-13,16-17,24,35H,14-15,18H2,1-6H3,(H,32,36)(H2,30,31,33,34). The van der Waals surface area contributed by atoms with Gasteiger partial charge in [0.2, 0.25) is 5.95 Å². The second-order valence-electron chi connectivity index (χ2n) is 11.2. The van der Waals surface area contributed by atoms with Gasteiger partial charge in [-0.2, -0.15) is 13.4 Å². The van der Waals surface area contributed by atoms with Crippen LogP contribution in [0.5, 0.6) is 5.75 Å². The average molecular weight is 636 g/mol. The van der Waals surface area contributed by atoms with Gasteiger partial charge in [-0.3, -0.25) is 8.98 Å². The Kier molecular flexibility index (Phi) is 11.2. The number of amides is 1. The lowest BCUT2D eigenvalue weighted by Crippen LogP contribution is -2.41. The maximum absolute atomic E-state index is 14.5. The van der Waals surface area contributed by atoms with Crippen LogP contribution in [0.3, 0.4) is 0 Å². The first-order chi connectivity index (χ1) is 20.0. The van der Waals surface area contributed by atoms with Crippen LogP contribution in [0.2, 0.25) is 18.1 Å². The summed E-state index contributed by atoms with van der Waals surface area (Å²) in [6.07, 6.45) is 0.0995. The van der Waals surface area contributed by atoms with E-state index in [-0.39, 0.29) is 22.5 Å². The molecule has 15 heteroatoms. The third-order valence-corrected chi connectivity index (χ3v) is 11.7. The zero-order chi connectivity index (χ0) is 31.8. The Morgan fingerprint density at radius 2 is 1.72 bits per heavy atom. The van der Waals surface area contributed by atoms with E-state index < -0.39 is 42.9 Å². The number of carbonyl (C=O) groups excluding carboxylic acids is 1. The highest BCUT2D eigenvalue weighted by Crippen LogP contribution is 2.36. The van der Waals surface area contributed by atoms with Crippen LogP contribution in [0, 0.1) is 5.82 Å². The van der Waals surface area contributed by atoms with Crippen molar-refractivity contribution in [3.05, 3.63) is 60.5 Å². The lowest BCUT2D eigenvalue weighted by atomic mass is 10.2. The van der Waals surface area contributed by atoms with Gasteiger partial charge in [0.25, 0.3) is 16.0 Å². The number of halogens is 1. The smallest absolute Gasteiger partial charge is 0.264 e. The molecule has 0 saturated carbocycles. The molecule has 0 bridgehead atoms. The SMILES string of the molecule is CC(C)(C)[Si](C)(C)OCCOc1ccc(Nc2ncc(F)c(Nc3cccc(NC(=O)C(O)COS(C)(=O)=O)c3)n2)cc1. The van der Waals surface area contributed by atoms with Crippen molar-refractivity contribution in [1.82, 2.24) is 9.97 Å². The number of hydrogen-bond acceptors (Lipinski definition) is 11. The Morgan fingerprint density at radius 1 is 1.05 bits per heavy atom. The fraction of sp³-hybridized carbons (Fsp3) is 0.393. The van der Waals surface area contributed by atoms with Crippen molar-refractivity contribution in [2.75, 3.05) is 42.0 Å². The molecule has 43 heavy (non-hydrogen) atoms. The Morgan fingerprint density at radius 3 is 2.37 bits per heavy atom. The Hall–Kier alpha value is -3.63. The van der Waals surface area contributed by atoms with Crippen molar-refractivity contribution in [1.29, 1.82) is 0 Å². The van der Waals surface area contributed by atoms with E-state index in [0.29, 0.717) is 30.3 Å². The minimum Gasteiger partial charge on any atom is -0.491 e. The number of anilines is 5. The number of aliphatic hydroxyl groups is 1. The molecular weight excluding hydrogens is 597 g/mol. The van der Waals surface area contributed by atoms with E-state index in [1.54, 1.807) is 36.4 Å². The molecule has 0 saturated heterocycles. The van der Waals surface area contributed by atoms with E-state index >= 15 is 0 Å². The molecule has 234 valence electrons. The van der Waals surface area contributed by atoms with Crippen molar-refractivity contribution in [2.45, 2.75) is 45.0 Å². The molecule has 1 atom stereocenters. The summed E-state index contributed by atoms with van der Waals surface area (Å²) in [6.45, 7) is 11.2. The predicted molar refractivity (Wildman–Crippen MR) is 166 cm³/mol. The fourth-order valence-corrected chi connectivity index (χ4v) is 4.65. The van der Waals surface area contributed by atoms with E-state index in [9.17, 15) is 22.7 Å². The number of nitrogens with zero attached hydrogens (tertiary/aromatic N) is 2. The summed E-state index contributed by atoms with van der Waals surface area (Å²) in [4.78, 5) is 20.4. The molecule has 0 aliphatic carbocycles. The summed E-state index contributed by atoms with van der Waals surface area (Å²) in [6, 6.07) is 13.4. The van der Waals surface area contributed by atoms with Crippen LogP contribution < -0.4 is 20.7 Å². The summed E-state index contributed by atoms with van der Waals surface area (Å²) in [5.74, 6) is -0.898. The Labute approximate surface area is 252 Å². The maximum Gasteiger partial charge on any atom is 0.264 e. The molecule has 4 N–H and O–H groups in total. The number of carbonyl (C=O) groups is 1. The summed E-state index contributed by atoms with van der Waals surface area (Å²) in [5, 5.41) is 18.3. The van der Waals surface area contributed by atoms with Gasteiger partial charge in [-0.15, -0.1) is 0 Å². The van der Waals surface area contributed by atoms with Crippen molar-refractivity contribution in [2.24, 2.45) is 0 Å². The first-order valence-electron chi connectivity index (χ1n) is 13.4. The first kappa shape index (κ1) is 33.9. The van der Waals surface area contributed by atoms with Gasteiger partial charge < -0.3 is 30.2 Å². The molecule has 2 aromatic carbocycles. The number of rotatable bonds is 14. The third kappa shape index (κ3) is 10.9. The molecule has 1 aromatic heterocycles. The quantitative estimate of drug-likeness (QED) is 0.110. The number of hydrogen-bond donors (Lipinski definition) is 4. The highest BCUT2D eigenvalue weighted by Gasteiger charge is 2.36. The number of aromatic nitrogens is 2. The van der Waals surface area contributed by atoms with Crippen LogP contribution in [-0.4, -0.2) is 69.9 Å². The van der Waals surface area contributed by atoms with E-state index in [0.717, 1.165) is 12.5 Å². The predicted octanol–water partition coefficient (Wildman–Crippen LogP) is 4.78. The van der Waals surface area contributed by atoms with Crippen LogP contribution in [0.1, 0.15) is 20.8 Å². The molecule has 0 aliphatic heterocycles. The van der Waals surface area contributed by atoms with Crippen LogP contribution in [0.15, 0.2) is 54.7 Å². The number of ether oxygens (including phenoxy) is 1. The van der Waals surface area contributed by atoms with Gasteiger partial charge in [-0.05, 0) is 60.6 Å². The van der Waals surface area contributed by atoms with Crippen molar-refractivity contribution in [3.8, 4) is 5.75 Å². The minimum absolute atomic E-state index is 0.121. The summed E-state index contributed by atoms with van der Waals surface area (Å²) in [5.41, 5.74) is 1.29. The second kappa shape index (κ2) is 14.2. The van der Waals surface area contributed by atoms with Gasteiger partial charge in [-0.25, -0.2) is 9.37 Å². The summed E-state index contributed by atoms with van der Waals surface area (Å²) >= 11 is 0. The molecule has 12 nitrogen and oxygen atoms in total. The van der Waals surface area contributed by atoms with Gasteiger partial charge >= 0.3 is 0 Å². The van der Waals surface area contributed by atoms with Gasteiger partial charge in [0.05, 0.1) is 19.1 Å². The summed E-state index contributed by atoms with van der Waals surface area (Å²) in [7, 11) is -5.65.